The molecule has 0 N–H and O–H groups in total. The maximum Gasteiger partial charge on any atom is 0.171 e. The van der Waals surface area contributed by atoms with Gasteiger partial charge in [0.25, 0.3) is 0 Å². The van der Waals surface area contributed by atoms with Gasteiger partial charge < -0.3 is 13.9 Å². The van der Waals surface area contributed by atoms with E-state index in [1.807, 2.05) is 66.7 Å². The number of hydrogen-bond donors (Lipinski definition) is 0. The normalized spacial score (nSPS) is 16.8. The monoisotopic (exact) mass is 958 g/mol. The van der Waals surface area contributed by atoms with E-state index in [9.17, 15) is 0 Å². The van der Waals surface area contributed by atoms with Crippen LogP contribution in [0.15, 0.2) is 241 Å². The molecule has 0 saturated heterocycles. The molecule has 2 atom stereocenters. The van der Waals surface area contributed by atoms with Crippen molar-refractivity contribution in [2.24, 2.45) is 0 Å². The molecule has 13 aromatic rings. The van der Waals surface area contributed by atoms with Crippen molar-refractivity contribution in [3.05, 3.63) is 259 Å². The first-order valence-electron chi connectivity index (χ1n) is 24.1. The minimum atomic E-state index is -3.53. The topological polar surface area (TPSA) is 72.1 Å². The zero-order valence-electron chi connectivity index (χ0n) is 38.5. The van der Waals surface area contributed by atoms with Gasteiger partial charge in [-0.3, -0.25) is 0 Å². The van der Waals surface area contributed by atoms with Gasteiger partial charge in [0, 0.05) is 69.2 Å². The van der Waals surface area contributed by atoms with Gasteiger partial charge >= 0.3 is 0 Å². The third kappa shape index (κ3) is 5.83. The van der Waals surface area contributed by atoms with E-state index in [-0.39, 0.29) is 0 Å². The van der Waals surface area contributed by atoms with Gasteiger partial charge in [0.05, 0.1) is 16.8 Å². The van der Waals surface area contributed by atoms with Crippen LogP contribution in [-0.4, -0.2) is 15.0 Å². The Kier molecular flexibility index (Phi) is 8.92. The summed E-state index contributed by atoms with van der Waals surface area (Å²) in [4.78, 5) is 18.2. The van der Waals surface area contributed by atoms with Crippen LogP contribution in [-0.2, 0) is 9.98 Å². The highest BCUT2D eigenvalue weighted by atomic mass is 32.1. The van der Waals surface area contributed by atoms with E-state index < -0.39 is 12.6 Å². The highest BCUT2D eigenvalue weighted by Crippen LogP contribution is 2.63. The number of fused-ring (bicyclic) bond motifs is 14. The molecule has 8 heteroatoms. The quantitative estimate of drug-likeness (QED) is 0.160. The van der Waals surface area contributed by atoms with E-state index in [0.29, 0.717) is 23.1 Å². The molecular weight excluding hydrogens is 920 g/mol. The fourth-order valence-electron chi connectivity index (χ4n) is 11.7. The van der Waals surface area contributed by atoms with Crippen molar-refractivity contribution in [1.82, 2.24) is 15.0 Å². The molecule has 15 rings (SSSR count). The molecule has 0 amide bonds. The summed E-state index contributed by atoms with van der Waals surface area (Å²) in [5, 5.41) is 6.80. The summed E-state index contributed by atoms with van der Waals surface area (Å²) in [6, 6.07) is 82.2. The number of para-hydroxylation sites is 3. The van der Waals surface area contributed by atoms with Crippen molar-refractivity contribution < 1.29 is 8.98 Å². The Hall–Kier alpha value is -8.74. The van der Waals surface area contributed by atoms with E-state index in [0.717, 1.165) is 88.3 Å². The first-order chi connectivity index (χ1) is 35.6. The Morgan fingerprint density at radius 2 is 1.00 bits per heavy atom. The molecule has 0 fully saturated rings. The van der Waals surface area contributed by atoms with Crippen molar-refractivity contribution in [2.45, 2.75) is 5.41 Å². The molecule has 72 heavy (non-hydrogen) atoms. The van der Waals surface area contributed by atoms with Crippen molar-refractivity contribution in [2.75, 3.05) is 4.90 Å². The van der Waals surface area contributed by atoms with E-state index in [1.54, 1.807) is 11.3 Å². The van der Waals surface area contributed by atoms with Crippen molar-refractivity contribution >= 4 is 93.6 Å². The summed E-state index contributed by atoms with van der Waals surface area (Å²) in [5.41, 5.74) is 10.3. The number of furan rings is 1. The minimum Gasteiger partial charge on any atom is -0.456 e. The third-order valence-corrected chi connectivity index (χ3v) is 19.0. The molecule has 2 aliphatic heterocycles. The number of thiophene rings is 1. The minimum absolute atomic E-state index is 0.559. The van der Waals surface area contributed by atoms with Crippen molar-refractivity contribution in [3.63, 3.8) is 0 Å². The van der Waals surface area contributed by atoms with Crippen LogP contribution in [0.4, 0.5) is 17.1 Å². The lowest BCUT2D eigenvalue weighted by Gasteiger charge is -2.50. The smallest absolute Gasteiger partial charge is 0.171 e. The van der Waals surface area contributed by atoms with Crippen LogP contribution in [0.2, 0.25) is 0 Å². The van der Waals surface area contributed by atoms with Crippen LogP contribution >= 0.6 is 18.5 Å². The fraction of sp³-hybridized carbons (Fsp3) is 0.0156. The molecule has 3 aromatic heterocycles. The second-order valence-electron chi connectivity index (χ2n) is 18.6. The summed E-state index contributed by atoms with van der Waals surface area (Å²) in [6.45, 7) is 0. The van der Waals surface area contributed by atoms with Crippen LogP contribution in [0, 0.1) is 0 Å². The molecule has 10 aromatic carbocycles. The number of nitrogens with zero attached hydrogens (tertiary/aromatic N) is 4. The second-order valence-corrected chi connectivity index (χ2v) is 22.4. The van der Waals surface area contributed by atoms with Gasteiger partial charge in [0.15, 0.2) is 24.6 Å². The van der Waals surface area contributed by atoms with Gasteiger partial charge in [-0.1, -0.05) is 182 Å². The second kappa shape index (κ2) is 15.6. The molecule has 0 bridgehead atoms. The number of hydrogen-bond acceptors (Lipinski definition) is 7. The Labute approximate surface area is 418 Å². The van der Waals surface area contributed by atoms with Crippen LogP contribution in [0.1, 0.15) is 22.3 Å². The molecule has 5 heterocycles. The summed E-state index contributed by atoms with van der Waals surface area (Å²) >= 11 is 1.78. The summed E-state index contributed by atoms with van der Waals surface area (Å²) in [6.07, 6.45) is 0. The molecule has 2 unspecified atom stereocenters. The maximum atomic E-state index is 16.9. The van der Waals surface area contributed by atoms with Gasteiger partial charge in [-0.25, -0.2) is 15.0 Å². The fourth-order valence-corrected chi connectivity index (χ4v) is 16.0. The first-order valence-corrected chi connectivity index (χ1v) is 26.6. The Bertz CT molecular complexity index is 4400. The van der Waals surface area contributed by atoms with Gasteiger partial charge in [0.1, 0.15) is 11.2 Å². The highest BCUT2D eigenvalue weighted by molar-refractivity contribution is 7.85. The number of benzene rings is 10. The number of aromatic nitrogens is 3. The zero-order valence-corrected chi connectivity index (χ0v) is 40.2. The third-order valence-electron chi connectivity index (χ3n) is 14.8. The Balaban J connectivity index is 1.04. The highest BCUT2D eigenvalue weighted by Gasteiger charge is 2.55. The summed E-state index contributed by atoms with van der Waals surface area (Å²) in [7, 11) is -3.53. The molecule has 338 valence electrons. The maximum absolute atomic E-state index is 16.9. The van der Waals surface area contributed by atoms with Crippen LogP contribution in [0.5, 0.6) is 0 Å². The molecule has 0 saturated carbocycles. The predicted molar refractivity (Wildman–Crippen MR) is 296 cm³/mol. The van der Waals surface area contributed by atoms with Crippen LogP contribution < -0.4 is 20.8 Å². The SMILES string of the molecule is O=P1(c2ccccc2)c2ccccc2C2(c3ccccc3N(c3ccccc3)c3cc(-c4nc(-c5ccccc5)nc(-c5ccc6c(c5)sc5ccccc56)n4)ccc32)c2cc3c(cc21)oc1ccccc13. The van der Waals surface area contributed by atoms with E-state index in [2.05, 4.69) is 175 Å². The van der Waals surface area contributed by atoms with E-state index >= 15 is 4.57 Å². The molecule has 0 radical (unpaired) electrons. The summed E-state index contributed by atoms with van der Waals surface area (Å²) in [5.74, 6) is 1.75. The summed E-state index contributed by atoms with van der Waals surface area (Å²) < 4.78 is 25.9. The lowest BCUT2D eigenvalue weighted by molar-refractivity contribution is 0.590. The van der Waals surface area contributed by atoms with Crippen LogP contribution in [0.3, 0.4) is 0 Å². The average Bonchev–Trinajstić information content (AvgIpc) is 4.02. The molecule has 1 spiro atoms. The van der Waals surface area contributed by atoms with Gasteiger partial charge in [-0.15, -0.1) is 11.3 Å². The lowest BCUT2D eigenvalue weighted by atomic mass is 9.62. The Morgan fingerprint density at radius 3 is 1.81 bits per heavy atom. The van der Waals surface area contributed by atoms with E-state index in [4.69, 9.17) is 19.4 Å². The lowest BCUT2D eigenvalue weighted by Crippen LogP contribution is -2.49. The number of rotatable bonds is 5. The van der Waals surface area contributed by atoms with Crippen molar-refractivity contribution in [1.29, 1.82) is 0 Å². The predicted octanol–water partition coefficient (Wildman–Crippen LogP) is 15.3. The Morgan fingerprint density at radius 1 is 0.403 bits per heavy atom. The van der Waals surface area contributed by atoms with Gasteiger partial charge in [0.2, 0.25) is 0 Å². The van der Waals surface area contributed by atoms with E-state index in [1.165, 1.54) is 20.2 Å². The average molecular weight is 959 g/mol. The zero-order chi connectivity index (χ0) is 47.5. The molecule has 2 aliphatic rings. The molecule has 6 nitrogen and oxygen atoms in total. The molecular formula is C64H39N4O2PS. The standard InChI is InChI=1S/C64H39N4O2PS/c69-71(44-22-8-3-9-23-44)57-30-16-13-27-51(57)64(52-38-48-45-24-10-15-29-55(45)70-56(48)39-58(52)71)49-26-12-14-28-53(49)68(43-20-6-2-7-21-43)54-36-41(33-35-50(54)64)62-65-61(40-18-4-1-5-19-40)66-63(67-62)42-32-34-47-46-25-11-17-31-59(46)72-60(47)37-42/h1-39H. The molecule has 0 aliphatic carbocycles. The largest absolute Gasteiger partial charge is 0.456 e. The number of anilines is 3. The van der Waals surface area contributed by atoms with Gasteiger partial charge in [-0.2, -0.15) is 0 Å². The van der Waals surface area contributed by atoms with Crippen LogP contribution in [0.25, 0.3) is 76.3 Å². The van der Waals surface area contributed by atoms with Crippen molar-refractivity contribution in [3.8, 4) is 34.2 Å². The van der Waals surface area contributed by atoms with Gasteiger partial charge in [-0.05, 0) is 76.9 Å². The first kappa shape index (κ1) is 41.1.